The molecule has 0 aliphatic heterocycles. The van der Waals surface area contributed by atoms with Crippen molar-refractivity contribution in [3.63, 3.8) is 0 Å². The fourth-order valence-electron chi connectivity index (χ4n) is 2.20. The van der Waals surface area contributed by atoms with Crippen molar-refractivity contribution < 1.29 is 29.4 Å². The Morgan fingerprint density at radius 3 is 1.92 bits per heavy atom. The molecular formula is C16H29N3O6. The van der Waals surface area contributed by atoms with Gasteiger partial charge in [0, 0.05) is 6.42 Å². The van der Waals surface area contributed by atoms with E-state index in [4.69, 9.17) is 15.9 Å². The number of carbonyl (C=O) groups is 4. The molecule has 0 unspecified atom stereocenters. The molecule has 0 bridgehead atoms. The van der Waals surface area contributed by atoms with Crippen molar-refractivity contribution in [2.45, 2.75) is 65.1 Å². The Balaban J connectivity index is 4.94. The summed E-state index contributed by atoms with van der Waals surface area (Å²) in [6.07, 6.45) is -0.189. The lowest BCUT2D eigenvalue weighted by molar-refractivity contribution is -0.143. The highest BCUT2D eigenvalue weighted by molar-refractivity contribution is 5.92. The van der Waals surface area contributed by atoms with Crippen molar-refractivity contribution in [2.24, 2.45) is 17.6 Å². The first kappa shape index (κ1) is 22.8. The fourth-order valence-corrected chi connectivity index (χ4v) is 2.20. The summed E-state index contributed by atoms with van der Waals surface area (Å²) in [7, 11) is 0. The zero-order valence-corrected chi connectivity index (χ0v) is 15.1. The van der Waals surface area contributed by atoms with Crippen LogP contribution >= 0.6 is 0 Å². The van der Waals surface area contributed by atoms with E-state index in [-0.39, 0.29) is 18.3 Å². The number of amides is 2. The Labute approximate surface area is 147 Å². The SMILES string of the molecule is CC(C)C[C@H](N)C(=O)N[C@H](C(=O)N[C@@H](CCC(=O)O)C(=O)O)C(C)C. The largest absolute Gasteiger partial charge is 0.481 e. The fraction of sp³-hybridized carbons (Fsp3) is 0.750. The minimum Gasteiger partial charge on any atom is -0.481 e. The summed E-state index contributed by atoms with van der Waals surface area (Å²) in [5.74, 6) is -3.75. The number of aliphatic carboxylic acids is 2. The first-order valence-electron chi connectivity index (χ1n) is 8.26. The van der Waals surface area contributed by atoms with Crippen LogP contribution in [0.4, 0.5) is 0 Å². The Kier molecular flexibility index (Phi) is 9.73. The second-order valence-electron chi connectivity index (χ2n) is 6.80. The molecule has 0 heterocycles. The Morgan fingerprint density at radius 2 is 1.52 bits per heavy atom. The van der Waals surface area contributed by atoms with Gasteiger partial charge in [-0.1, -0.05) is 27.7 Å². The zero-order valence-electron chi connectivity index (χ0n) is 15.1. The van der Waals surface area contributed by atoms with Crippen LogP contribution in [0, 0.1) is 11.8 Å². The number of hydrogen-bond acceptors (Lipinski definition) is 5. The third-order valence-corrected chi connectivity index (χ3v) is 3.57. The molecule has 144 valence electrons. The molecule has 9 heteroatoms. The van der Waals surface area contributed by atoms with Crippen LogP contribution in [0.1, 0.15) is 47.0 Å². The lowest BCUT2D eigenvalue weighted by atomic mass is 10.00. The molecule has 0 fully saturated rings. The predicted molar refractivity (Wildman–Crippen MR) is 90.6 cm³/mol. The molecule has 0 saturated heterocycles. The monoisotopic (exact) mass is 359 g/mol. The summed E-state index contributed by atoms with van der Waals surface area (Å²) in [4.78, 5) is 46.2. The van der Waals surface area contributed by atoms with Crippen molar-refractivity contribution in [1.29, 1.82) is 0 Å². The van der Waals surface area contributed by atoms with Crippen molar-refractivity contribution >= 4 is 23.8 Å². The highest BCUT2D eigenvalue weighted by Gasteiger charge is 2.30. The molecule has 2 amide bonds. The topological polar surface area (TPSA) is 159 Å². The van der Waals surface area contributed by atoms with Crippen LogP contribution in [0.5, 0.6) is 0 Å². The van der Waals surface area contributed by atoms with Crippen molar-refractivity contribution in [3.8, 4) is 0 Å². The zero-order chi connectivity index (χ0) is 19.7. The van der Waals surface area contributed by atoms with Crippen LogP contribution < -0.4 is 16.4 Å². The number of nitrogens with one attached hydrogen (secondary N) is 2. The van der Waals surface area contributed by atoms with Gasteiger partial charge in [0.25, 0.3) is 0 Å². The van der Waals surface area contributed by atoms with E-state index in [0.717, 1.165) is 0 Å². The molecule has 0 spiro atoms. The maximum atomic E-state index is 12.3. The number of nitrogens with two attached hydrogens (primary N) is 1. The Bertz CT molecular complexity index is 492. The van der Waals surface area contributed by atoms with Crippen LogP contribution in [0.25, 0.3) is 0 Å². The van der Waals surface area contributed by atoms with Gasteiger partial charge in [-0.2, -0.15) is 0 Å². The van der Waals surface area contributed by atoms with E-state index >= 15 is 0 Å². The Morgan fingerprint density at radius 1 is 0.960 bits per heavy atom. The van der Waals surface area contributed by atoms with E-state index in [1.165, 1.54) is 0 Å². The van der Waals surface area contributed by atoms with E-state index in [0.29, 0.717) is 6.42 Å². The minimum absolute atomic E-state index is 0.208. The summed E-state index contributed by atoms with van der Waals surface area (Å²) < 4.78 is 0. The molecule has 6 N–H and O–H groups in total. The standard InChI is InChI=1S/C16H29N3O6/c1-8(2)7-10(17)14(22)19-13(9(3)4)15(23)18-11(16(24)25)5-6-12(20)21/h8-11,13H,5-7,17H2,1-4H3,(H,18,23)(H,19,22)(H,20,21)(H,24,25)/t10-,11-,13-/m0/s1. The molecule has 0 aromatic carbocycles. The van der Waals surface area contributed by atoms with E-state index in [1.807, 2.05) is 13.8 Å². The van der Waals surface area contributed by atoms with Crippen LogP contribution in [0.3, 0.4) is 0 Å². The third kappa shape index (κ3) is 9.04. The summed E-state index contributed by atoms with van der Waals surface area (Å²) in [5.41, 5.74) is 5.79. The second-order valence-corrected chi connectivity index (χ2v) is 6.80. The first-order valence-corrected chi connectivity index (χ1v) is 8.26. The molecule has 0 aliphatic carbocycles. The van der Waals surface area contributed by atoms with Crippen molar-refractivity contribution in [3.05, 3.63) is 0 Å². The van der Waals surface area contributed by atoms with Gasteiger partial charge in [-0.15, -0.1) is 0 Å². The van der Waals surface area contributed by atoms with E-state index in [9.17, 15) is 19.2 Å². The third-order valence-electron chi connectivity index (χ3n) is 3.57. The quantitative estimate of drug-likeness (QED) is 0.345. The number of rotatable bonds is 11. The highest BCUT2D eigenvalue weighted by Crippen LogP contribution is 2.07. The van der Waals surface area contributed by atoms with E-state index in [1.54, 1.807) is 13.8 Å². The van der Waals surface area contributed by atoms with Crippen LogP contribution in [-0.4, -0.2) is 52.1 Å². The maximum Gasteiger partial charge on any atom is 0.326 e. The molecule has 0 radical (unpaired) electrons. The van der Waals surface area contributed by atoms with Crippen molar-refractivity contribution in [2.75, 3.05) is 0 Å². The number of carbonyl (C=O) groups excluding carboxylic acids is 2. The van der Waals surface area contributed by atoms with Gasteiger partial charge in [-0.25, -0.2) is 4.79 Å². The second kappa shape index (κ2) is 10.7. The highest BCUT2D eigenvalue weighted by atomic mass is 16.4. The molecule has 0 rings (SSSR count). The van der Waals surface area contributed by atoms with Gasteiger partial charge < -0.3 is 26.6 Å². The first-order chi connectivity index (χ1) is 11.5. The van der Waals surface area contributed by atoms with Gasteiger partial charge in [0.1, 0.15) is 12.1 Å². The molecule has 25 heavy (non-hydrogen) atoms. The summed E-state index contributed by atoms with van der Waals surface area (Å²) in [5, 5.41) is 22.6. The average molecular weight is 359 g/mol. The number of carboxylic acids is 2. The van der Waals surface area contributed by atoms with Gasteiger partial charge in [0.2, 0.25) is 11.8 Å². The Hall–Kier alpha value is -2.16. The van der Waals surface area contributed by atoms with Gasteiger partial charge >= 0.3 is 11.9 Å². The minimum atomic E-state index is -1.34. The van der Waals surface area contributed by atoms with Crippen LogP contribution in [-0.2, 0) is 19.2 Å². The lowest BCUT2D eigenvalue weighted by Crippen LogP contribution is -2.56. The van der Waals surface area contributed by atoms with Crippen LogP contribution in [0.15, 0.2) is 0 Å². The molecule has 9 nitrogen and oxygen atoms in total. The normalized spacial score (nSPS) is 14.7. The van der Waals surface area contributed by atoms with Gasteiger partial charge in [0.15, 0.2) is 0 Å². The lowest BCUT2D eigenvalue weighted by Gasteiger charge is -2.25. The molecule has 0 aromatic rings. The van der Waals surface area contributed by atoms with E-state index < -0.39 is 48.3 Å². The van der Waals surface area contributed by atoms with E-state index in [2.05, 4.69) is 10.6 Å². The van der Waals surface area contributed by atoms with Crippen LogP contribution in [0.2, 0.25) is 0 Å². The van der Waals surface area contributed by atoms with Gasteiger partial charge in [-0.3, -0.25) is 14.4 Å². The average Bonchev–Trinajstić information content (AvgIpc) is 2.46. The summed E-state index contributed by atoms with van der Waals surface area (Å²) in [6.45, 7) is 7.23. The maximum absolute atomic E-state index is 12.3. The summed E-state index contributed by atoms with van der Waals surface area (Å²) >= 11 is 0. The van der Waals surface area contributed by atoms with Crippen molar-refractivity contribution in [1.82, 2.24) is 10.6 Å². The number of hydrogen-bond donors (Lipinski definition) is 5. The van der Waals surface area contributed by atoms with Gasteiger partial charge in [-0.05, 0) is 24.7 Å². The molecular weight excluding hydrogens is 330 g/mol. The molecule has 0 aromatic heterocycles. The van der Waals surface area contributed by atoms with Gasteiger partial charge in [0.05, 0.1) is 6.04 Å². The summed E-state index contributed by atoms with van der Waals surface area (Å²) in [6, 6.07) is -3.07. The molecule has 0 saturated carbocycles. The smallest absolute Gasteiger partial charge is 0.326 e. The molecule has 0 aliphatic rings. The molecule has 3 atom stereocenters. The number of carboxylic acid groups (broad SMARTS) is 2. The predicted octanol–water partition coefficient (Wildman–Crippen LogP) is -0.0652.